The molecule has 0 spiro atoms. The van der Waals surface area contributed by atoms with Crippen molar-refractivity contribution in [3.8, 4) is 0 Å². The van der Waals surface area contributed by atoms with Crippen LogP contribution in [0, 0.1) is 0 Å². The number of hydrogen-bond acceptors (Lipinski definition) is 5. The fraction of sp³-hybridized carbons (Fsp3) is 0.385. The fourth-order valence-electron chi connectivity index (χ4n) is 5.05. The van der Waals surface area contributed by atoms with Gasteiger partial charge < -0.3 is 15.4 Å². The van der Waals surface area contributed by atoms with Gasteiger partial charge >= 0.3 is 5.97 Å². The summed E-state index contributed by atoms with van der Waals surface area (Å²) in [6.07, 6.45) is 2.51. The lowest BCUT2D eigenvalue weighted by atomic mass is 10.0. The van der Waals surface area contributed by atoms with E-state index in [1.165, 1.54) is 0 Å². The van der Waals surface area contributed by atoms with Gasteiger partial charge in [0.2, 0.25) is 17.7 Å². The Labute approximate surface area is 197 Å². The standard InChI is InChI=1S/C26H27N3O5/c30-22(12-9-16-5-2-1-3-6-16)28-20-11-10-17-7-4-8-18-13-21(29(24(17)18)26(20)33)25(32)27-19-14-23(31)34-15-19/h1-8,19-21H,9-15H2,(H,27,32)(H,28,30)/t19-,20-,21-/m0/s1. The Bertz CT molecular complexity index is 1130. The van der Waals surface area contributed by atoms with Crippen molar-refractivity contribution in [2.45, 2.75) is 56.7 Å². The number of rotatable bonds is 6. The molecule has 3 aliphatic heterocycles. The van der Waals surface area contributed by atoms with Gasteiger partial charge in [0.15, 0.2) is 0 Å². The van der Waals surface area contributed by atoms with E-state index in [1.54, 1.807) is 4.90 Å². The Hall–Kier alpha value is -3.68. The van der Waals surface area contributed by atoms with Crippen molar-refractivity contribution in [3.05, 3.63) is 65.2 Å². The van der Waals surface area contributed by atoms with E-state index in [9.17, 15) is 19.2 Å². The Morgan fingerprint density at radius 2 is 1.76 bits per heavy atom. The number of hydrogen-bond donors (Lipinski definition) is 2. The van der Waals surface area contributed by atoms with Crippen LogP contribution in [-0.2, 0) is 43.2 Å². The molecule has 0 aliphatic carbocycles. The largest absolute Gasteiger partial charge is 0.463 e. The minimum Gasteiger partial charge on any atom is -0.463 e. The number of aryl methyl sites for hydroxylation is 2. The van der Waals surface area contributed by atoms with E-state index >= 15 is 0 Å². The van der Waals surface area contributed by atoms with Crippen LogP contribution in [0.5, 0.6) is 0 Å². The summed E-state index contributed by atoms with van der Waals surface area (Å²) in [7, 11) is 0. The van der Waals surface area contributed by atoms with Crippen LogP contribution in [0.15, 0.2) is 48.5 Å². The zero-order chi connectivity index (χ0) is 23.7. The summed E-state index contributed by atoms with van der Waals surface area (Å²) >= 11 is 0. The van der Waals surface area contributed by atoms with Gasteiger partial charge in [0.05, 0.1) is 18.2 Å². The number of anilines is 1. The molecule has 176 valence electrons. The summed E-state index contributed by atoms with van der Waals surface area (Å²) in [5.41, 5.74) is 3.79. The number of nitrogens with one attached hydrogen (secondary N) is 2. The quantitative estimate of drug-likeness (QED) is 0.634. The summed E-state index contributed by atoms with van der Waals surface area (Å²) in [5, 5.41) is 5.78. The van der Waals surface area contributed by atoms with Crippen molar-refractivity contribution < 1.29 is 23.9 Å². The van der Waals surface area contributed by atoms with Crippen LogP contribution >= 0.6 is 0 Å². The highest BCUT2D eigenvalue weighted by Gasteiger charge is 2.44. The first-order chi connectivity index (χ1) is 16.5. The summed E-state index contributed by atoms with van der Waals surface area (Å²) in [6, 6.07) is 13.8. The summed E-state index contributed by atoms with van der Waals surface area (Å²) in [4.78, 5) is 52.5. The molecule has 0 unspecified atom stereocenters. The third kappa shape index (κ3) is 4.40. The number of cyclic esters (lactones) is 1. The molecule has 1 saturated heterocycles. The molecule has 3 amide bonds. The minimum atomic E-state index is -0.721. The first-order valence-corrected chi connectivity index (χ1v) is 11.7. The molecule has 0 bridgehead atoms. The van der Waals surface area contributed by atoms with Gasteiger partial charge in [-0.15, -0.1) is 0 Å². The maximum absolute atomic E-state index is 13.6. The first kappa shape index (κ1) is 22.1. The second kappa shape index (κ2) is 9.29. The second-order valence-corrected chi connectivity index (χ2v) is 9.09. The van der Waals surface area contributed by atoms with E-state index < -0.39 is 18.1 Å². The molecular weight excluding hydrogens is 434 g/mol. The van der Waals surface area contributed by atoms with Gasteiger partial charge in [-0.3, -0.25) is 24.1 Å². The molecule has 0 aromatic heterocycles. The molecule has 2 aromatic carbocycles. The van der Waals surface area contributed by atoms with Crippen molar-refractivity contribution in [1.82, 2.24) is 10.6 Å². The molecule has 3 aliphatic rings. The molecular formula is C26H27N3O5. The number of ether oxygens (including phenoxy) is 1. The molecule has 1 fully saturated rings. The van der Waals surface area contributed by atoms with Crippen LogP contribution in [-0.4, -0.2) is 48.4 Å². The third-order valence-corrected chi connectivity index (χ3v) is 6.73. The normalized spacial score (nSPS) is 23.2. The highest BCUT2D eigenvalue weighted by molar-refractivity contribution is 6.07. The van der Waals surface area contributed by atoms with Crippen LogP contribution < -0.4 is 15.5 Å². The average molecular weight is 462 g/mol. The molecule has 8 heteroatoms. The third-order valence-electron chi connectivity index (χ3n) is 6.73. The predicted molar refractivity (Wildman–Crippen MR) is 124 cm³/mol. The van der Waals surface area contributed by atoms with E-state index in [2.05, 4.69) is 10.6 Å². The number of para-hydroxylation sites is 1. The molecule has 5 rings (SSSR count). The molecule has 0 saturated carbocycles. The number of esters is 1. The topological polar surface area (TPSA) is 105 Å². The molecule has 3 atom stereocenters. The van der Waals surface area contributed by atoms with Gasteiger partial charge in [-0.05, 0) is 36.0 Å². The maximum atomic E-state index is 13.6. The SMILES string of the molecule is O=C(CCc1ccccc1)N[C@H]1CCc2cccc3c2N(C1=O)[C@H](C(=O)N[C@@H]1COC(=O)C1)C3. The van der Waals surface area contributed by atoms with Crippen molar-refractivity contribution in [3.63, 3.8) is 0 Å². The van der Waals surface area contributed by atoms with E-state index in [1.807, 2.05) is 48.5 Å². The average Bonchev–Trinajstić information content (AvgIpc) is 3.40. The number of carbonyl (C=O) groups is 4. The minimum absolute atomic E-state index is 0.130. The molecule has 0 radical (unpaired) electrons. The van der Waals surface area contributed by atoms with Crippen molar-refractivity contribution in [1.29, 1.82) is 0 Å². The molecule has 2 N–H and O–H groups in total. The first-order valence-electron chi connectivity index (χ1n) is 11.7. The monoisotopic (exact) mass is 461 g/mol. The second-order valence-electron chi connectivity index (χ2n) is 9.09. The van der Waals surface area contributed by atoms with Gasteiger partial charge in [-0.2, -0.15) is 0 Å². The lowest BCUT2D eigenvalue weighted by molar-refractivity contribution is -0.138. The number of amides is 3. The molecule has 2 aromatic rings. The van der Waals surface area contributed by atoms with Gasteiger partial charge in [0, 0.05) is 12.8 Å². The van der Waals surface area contributed by atoms with Crippen molar-refractivity contribution in [2.75, 3.05) is 11.5 Å². The smallest absolute Gasteiger partial charge is 0.308 e. The zero-order valence-corrected chi connectivity index (χ0v) is 18.8. The fourth-order valence-corrected chi connectivity index (χ4v) is 5.05. The number of benzene rings is 2. The van der Waals surface area contributed by atoms with Crippen LogP contribution in [0.2, 0.25) is 0 Å². The van der Waals surface area contributed by atoms with Gasteiger partial charge in [-0.25, -0.2) is 0 Å². The Balaban J connectivity index is 1.31. The predicted octanol–water partition coefficient (Wildman–Crippen LogP) is 1.44. The maximum Gasteiger partial charge on any atom is 0.308 e. The zero-order valence-electron chi connectivity index (χ0n) is 18.8. The van der Waals surface area contributed by atoms with Crippen molar-refractivity contribution >= 4 is 29.4 Å². The van der Waals surface area contributed by atoms with Gasteiger partial charge in [0.1, 0.15) is 18.7 Å². The molecule has 8 nitrogen and oxygen atoms in total. The number of carbonyl (C=O) groups excluding carboxylic acids is 4. The van der Waals surface area contributed by atoms with Gasteiger partial charge in [0.25, 0.3) is 0 Å². The van der Waals surface area contributed by atoms with Crippen LogP contribution in [0.4, 0.5) is 5.69 Å². The van der Waals surface area contributed by atoms with Gasteiger partial charge in [-0.1, -0.05) is 48.5 Å². The van der Waals surface area contributed by atoms with E-state index in [4.69, 9.17) is 4.74 Å². The Morgan fingerprint density at radius 1 is 0.971 bits per heavy atom. The summed E-state index contributed by atoms with van der Waals surface area (Å²) in [6.45, 7) is 0.142. The van der Waals surface area contributed by atoms with E-state index in [0.717, 1.165) is 22.4 Å². The van der Waals surface area contributed by atoms with Crippen LogP contribution in [0.3, 0.4) is 0 Å². The summed E-state index contributed by atoms with van der Waals surface area (Å²) in [5.74, 6) is -1.10. The van der Waals surface area contributed by atoms with Crippen LogP contribution in [0.1, 0.15) is 36.0 Å². The van der Waals surface area contributed by atoms with E-state index in [0.29, 0.717) is 25.7 Å². The lowest BCUT2D eigenvalue weighted by Crippen LogP contribution is -2.55. The summed E-state index contributed by atoms with van der Waals surface area (Å²) < 4.78 is 4.95. The van der Waals surface area contributed by atoms with Crippen LogP contribution in [0.25, 0.3) is 0 Å². The number of nitrogens with zero attached hydrogens (tertiary/aromatic N) is 1. The highest BCUT2D eigenvalue weighted by Crippen LogP contribution is 2.39. The highest BCUT2D eigenvalue weighted by atomic mass is 16.5. The Morgan fingerprint density at radius 3 is 2.53 bits per heavy atom. The van der Waals surface area contributed by atoms with Crippen molar-refractivity contribution in [2.24, 2.45) is 0 Å². The Kier molecular flexibility index (Phi) is 6.04. The molecule has 3 heterocycles. The van der Waals surface area contributed by atoms with E-state index in [-0.39, 0.29) is 43.1 Å². The lowest BCUT2D eigenvalue weighted by Gasteiger charge is -2.28. The molecule has 34 heavy (non-hydrogen) atoms.